The first-order valence-electron chi connectivity index (χ1n) is 9.72. The average molecular weight is 449 g/mol. The number of halogens is 2. The summed E-state index contributed by atoms with van der Waals surface area (Å²) in [5.74, 6) is -0.865. The SMILES string of the molecule is CNC(=O)c1cc(Oc2cccc3nc(NC(=O)Nc4ccc(F)cc4F)ccc23)ccn1. The van der Waals surface area contributed by atoms with Crippen molar-refractivity contribution >= 4 is 34.3 Å². The Morgan fingerprint density at radius 2 is 1.82 bits per heavy atom. The Hall–Kier alpha value is -4.60. The number of ether oxygens (including phenoxy) is 1. The van der Waals surface area contributed by atoms with Crippen molar-refractivity contribution in [2.45, 2.75) is 0 Å². The minimum atomic E-state index is -0.894. The van der Waals surface area contributed by atoms with Crippen LogP contribution in [0.1, 0.15) is 10.5 Å². The van der Waals surface area contributed by atoms with Gasteiger partial charge in [-0.25, -0.2) is 18.6 Å². The predicted octanol–water partition coefficient (Wildman–Crippen LogP) is 4.70. The standard InChI is InChI=1S/C23H17F2N5O3/c1-26-22(31)19-12-14(9-10-27-19)33-20-4-2-3-17-15(20)6-8-21(28-17)30-23(32)29-18-7-5-13(24)11-16(18)25/h2-12H,1H3,(H,26,31)(H2,28,29,30,32). The summed E-state index contributed by atoms with van der Waals surface area (Å²) < 4.78 is 32.7. The highest BCUT2D eigenvalue weighted by Gasteiger charge is 2.12. The molecule has 0 fully saturated rings. The number of pyridine rings is 2. The van der Waals surface area contributed by atoms with E-state index >= 15 is 0 Å². The largest absolute Gasteiger partial charge is 0.457 e. The van der Waals surface area contributed by atoms with E-state index in [1.807, 2.05) is 0 Å². The summed E-state index contributed by atoms with van der Waals surface area (Å²) in [6.45, 7) is 0. The van der Waals surface area contributed by atoms with Gasteiger partial charge in [0.25, 0.3) is 5.91 Å². The van der Waals surface area contributed by atoms with Crippen molar-refractivity contribution in [2.75, 3.05) is 17.7 Å². The molecule has 4 aromatic rings. The molecule has 3 N–H and O–H groups in total. The van der Waals surface area contributed by atoms with E-state index in [1.54, 1.807) is 36.4 Å². The topological polar surface area (TPSA) is 105 Å². The fraction of sp³-hybridized carbons (Fsp3) is 0.0435. The van der Waals surface area contributed by atoms with Crippen LogP contribution in [0.3, 0.4) is 0 Å². The van der Waals surface area contributed by atoms with E-state index < -0.39 is 17.7 Å². The molecular weight excluding hydrogens is 432 g/mol. The molecule has 2 heterocycles. The molecule has 0 atom stereocenters. The number of aromatic nitrogens is 2. The first-order valence-corrected chi connectivity index (χ1v) is 9.72. The van der Waals surface area contributed by atoms with Crippen LogP contribution < -0.4 is 20.7 Å². The Balaban J connectivity index is 1.52. The van der Waals surface area contributed by atoms with Crippen molar-refractivity contribution in [1.29, 1.82) is 0 Å². The van der Waals surface area contributed by atoms with Crippen LogP contribution in [0.15, 0.2) is 66.9 Å². The number of fused-ring (bicyclic) bond motifs is 1. The van der Waals surface area contributed by atoms with Gasteiger partial charge in [-0.1, -0.05) is 6.07 Å². The van der Waals surface area contributed by atoms with Crippen molar-refractivity contribution in [3.8, 4) is 11.5 Å². The van der Waals surface area contributed by atoms with Crippen LogP contribution in [0.5, 0.6) is 11.5 Å². The zero-order valence-electron chi connectivity index (χ0n) is 17.2. The van der Waals surface area contributed by atoms with E-state index in [0.29, 0.717) is 28.5 Å². The molecule has 2 aromatic carbocycles. The fourth-order valence-electron chi connectivity index (χ4n) is 3.00. The number of anilines is 2. The van der Waals surface area contributed by atoms with Gasteiger partial charge in [0.05, 0.1) is 11.2 Å². The third-order valence-corrected chi connectivity index (χ3v) is 4.53. The average Bonchev–Trinajstić information content (AvgIpc) is 2.80. The zero-order chi connectivity index (χ0) is 23.4. The van der Waals surface area contributed by atoms with Gasteiger partial charge < -0.3 is 15.4 Å². The van der Waals surface area contributed by atoms with Crippen LogP contribution in [0, 0.1) is 11.6 Å². The highest BCUT2D eigenvalue weighted by Crippen LogP contribution is 2.30. The molecule has 0 radical (unpaired) electrons. The first kappa shape index (κ1) is 21.6. The van der Waals surface area contributed by atoms with Crippen molar-refractivity contribution in [3.05, 3.63) is 84.2 Å². The summed E-state index contributed by atoms with van der Waals surface area (Å²) in [5, 5.41) is 7.97. The molecule has 0 saturated heterocycles. The molecule has 0 saturated carbocycles. The van der Waals surface area contributed by atoms with Crippen LogP contribution in [-0.4, -0.2) is 29.0 Å². The van der Waals surface area contributed by atoms with E-state index in [4.69, 9.17) is 4.74 Å². The summed E-state index contributed by atoms with van der Waals surface area (Å²) in [6, 6.07) is 13.7. The maximum Gasteiger partial charge on any atom is 0.324 e. The highest BCUT2D eigenvalue weighted by molar-refractivity contribution is 6.00. The maximum atomic E-state index is 13.7. The molecule has 0 aliphatic carbocycles. The third-order valence-electron chi connectivity index (χ3n) is 4.53. The summed E-state index contributed by atoms with van der Waals surface area (Å²) >= 11 is 0. The molecule has 33 heavy (non-hydrogen) atoms. The molecule has 0 unspecified atom stereocenters. The second-order valence-electron chi connectivity index (χ2n) is 6.78. The van der Waals surface area contributed by atoms with Crippen molar-refractivity contribution in [3.63, 3.8) is 0 Å². The quantitative estimate of drug-likeness (QED) is 0.410. The van der Waals surface area contributed by atoms with Gasteiger partial charge in [0.2, 0.25) is 0 Å². The van der Waals surface area contributed by atoms with E-state index in [-0.39, 0.29) is 23.1 Å². The van der Waals surface area contributed by atoms with Crippen molar-refractivity contribution in [2.24, 2.45) is 0 Å². The molecule has 8 nitrogen and oxygen atoms in total. The van der Waals surface area contributed by atoms with Crippen LogP contribution in [-0.2, 0) is 0 Å². The van der Waals surface area contributed by atoms with Crippen LogP contribution in [0.25, 0.3) is 10.9 Å². The van der Waals surface area contributed by atoms with Gasteiger partial charge in [-0.2, -0.15) is 0 Å². The molecular formula is C23H17F2N5O3. The van der Waals surface area contributed by atoms with Gasteiger partial charge in [0.15, 0.2) is 0 Å². The number of carbonyl (C=O) groups is 2. The second kappa shape index (κ2) is 9.27. The zero-order valence-corrected chi connectivity index (χ0v) is 17.2. The number of hydrogen-bond acceptors (Lipinski definition) is 5. The first-order chi connectivity index (χ1) is 15.9. The van der Waals surface area contributed by atoms with Gasteiger partial charge >= 0.3 is 6.03 Å². The lowest BCUT2D eigenvalue weighted by molar-refractivity contribution is 0.0958. The predicted molar refractivity (Wildman–Crippen MR) is 118 cm³/mol. The second-order valence-corrected chi connectivity index (χ2v) is 6.78. The molecule has 0 spiro atoms. The lowest BCUT2D eigenvalue weighted by Crippen LogP contribution is -2.20. The number of rotatable bonds is 5. The minimum absolute atomic E-state index is 0.168. The van der Waals surface area contributed by atoms with Gasteiger partial charge in [0, 0.05) is 30.8 Å². The van der Waals surface area contributed by atoms with Gasteiger partial charge in [0.1, 0.15) is 34.6 Å². The highest BCUT2D eigenvalue weighted by atomic mass is 19.1. The number of urea groups is 1. The summed E-state index contributed by atoms with van der Waals surface area (Å²) in [6.07, 6.45) is 1.47. The monoisotopic (exact) mass is 449 g/mol. The molecule has 2 aromatic heterocycles. The lowest BCUT2D eigenvalue weighted by atomic mass is 10.2. The van der Waals surface area contributed by atoms with E-state index in [0.717, 1.165) is 12.1 Å². The Kier molecular flexibility index (Phi) is 6.07. The summed E-state index contributed by atoms with van der Waals surface area (Å²) in [5.41, 5.74) is 0.571. The van der Waals surface area contributed by atoms with E-state index in [1.165, 1.54) is 19.3 Å². The fourth-order valence-corrected chi connectivity index (χ4v) is 3.00. The Bertz CT molecular complexity index is 1360. The smallest absolute Gasteiger partial charge is 0.324 e. The Morgan fingerprint density at radius 1 is 0.970 bits per heavy atom. The van der Waals surface area contributed by atoms with Gasteiger partial charge in [-0.05, 0) is 42.5 Å². The maximum absolute atomic E-state index is 13.7. The number of benzene rings is 2. The molecule has 10 heteroatoms. The van der Waals surface area contributed by atoms with Crippen LogP contribution in [0.2, 0.25) is 0 Å². The number of carbonyl (C=O) groups excluding carboxylic acids is 2. The molecule has 0 aliphatic heterocycles. The number of nitrogens with zero attached hydrogens (tertiary/aromatic N) is 2. The Morgan fingerprint density at radius 3 is 2.61 bits per heavy atom. The van der Waals surface area contributed by atoms with Crippen molar-refractivity contribution in [1.82, 2.24) is 15.3 Å². The van der Waals surface area contributed by atoms with Gasteiger partial charge in [-0.15, -0.1) is 0 Å². The Labute approximate surface area is 186 Å². The van der Waals surface area contributed by atoms with Crippen LogP contribution in [0.4, 0.5) is 25.1 Å². The summed E-state index contributed by atoms with van der Waals surface area (Å²) in [4.78, 5) is 32.4. The number of hydrogen-bond donors (Lipinski definition) is 3. The summed E-state index contributed by atoms with van der Waals surface area (Å²) in [7, 11) is 1.51. The third kappa shape index (κ3) is 5.01. The minimum Gasteiger partial charge on any atom is -0.457 e. The molecule has 3 amide bonds. The number of amides is 3. The van der Waals surface area contributed by atoms with E-state index in [2.05, 4.69) is 25.9 Å². The lowest BCUT2D eigenvalue weighted by Gasteiger charge is -2.11. The van der Waals surface area contributed by atoms with Crippen molar-refractivity contribution < 1.29 is 23.1 Å². The molecule has 166 valence electrons. The number of nitrogens with one attached hydrogen (secondary N) is 3. The van der Waals surface area contributed by atoms with E-state index in [9.17, 15) is 18.4 Å². The molecule has 0 bridgehead atoms. The molecule has 0 aliphatic rings. The van der Waals surface area contributed by atoms with Crippen LogP contribution >= 0.6 is 0 Å². The normalized spacial score (nSPS) is 10.5. The molecule has 4 rings (SSSR count). The van der Waals surface area contributed by atoms with Gasteiger partial charge in [-0.3, -0.25) is 15.1 Å².